The third-order valence-corrected chi connectivity index (χ3v) is 11.3. The molecule has 2 aliphatic carbocycles. The molecule has 1 unspecified atom stereocenters. The fourth-order valence-corrected chi connectivity index (χ4v) is 8.35. The molecule has 4 aliphatic rings. The molecule has 0 saturated carbocycles. The Bertz CT molecular complexity index is 2370. The number of imidazole rings is 2. The number of hydrogen-bond donors (Lipinski definition) is 5. The normalized spacial score (nSPS) is 21.1. The van der Waals surface area contributed by atoms with Gasteiger partial charge in [0.1, 0.15) is 29.9 Å². The Balaban J connectivity index is 0.938. The number of alkyl carbamates (subject to hydrolysis) is 1. The monoisotopic (exact) mass is 816 g/mol. The van der Waals surface area contributed by atoms with Crippen molar-refractivity contribution >= 4 is 35.1 Å². The molecular weight excluding hydrogens is 772 g/mol. The highest BCUT2D eigenvalue weighted by Gasteiger charge is 2.39. The maximum absolute atomic E-state index is 15.9. The highest BCUT2D eigenvalue weighted by molar-refractivity contribution is 5.90. The van der Waals surface area contributed by atoms with Gasteiger partial charge >= 0.3 is 12.2 Å². The van der Waals surface area contributed by atoms with Crippen LogP contribution in [0.4, 0.5) is 14.0 Å². The number of carbonyl (C=O) groups is 4. The number of hydrogen-bond acceptors (Lipinski definition) is 9. The summed E-state index contributed by atoms with van der Waals surface area (Å²) in [5.74, 6) is 0.872. The van der Waals surface area contributed by atoms with E-state index in [-0.39, 0.29) is 30.3 Å². The molecule has 5 N–H and O–H groups in total. The molecule has 2 saturated heterocycles. The number of ether oxygens (including phenoxy) is 1. The Morgan fingerprint density at radius 1 is 0.900 bits per heavy atom. The van der Waals surface area contributed by atoms with Crippen molar-refractivity contribution in [2.45, 2.75) is 75.3 Å². The minimum absolute atomic E-state index is 0.0376. The van der Waals surface area contributed by atoms with Crippen LogP contribution in [-0.2, 0) is 14.3 Å². The van der Waals surface area contributed by atoms with Gasteiger partial charge < -0.3 is 40.2 Å². The van der Waals surface area contributed by atoms with Crippen molar-refractivity contribution < 1.29 is 33.4 Å². The molecular formula is C43H45FN10O6. The van der Waals surface area contributed by atoms with Gasteiger partial charge in [-0.2, -0.15) is 0 Å². The van der Waals surface area contributed by atoms with Gasteiger partial charge in [-0.25, -0.2) is 33.9 Å². The van der Waals surface area contributed by atoms with E-state index in [4.69, 9.17) is 9.72 Å². The number of rotatable bonds is 11. The van der Waals surface area contributed by atoms with Crippen LogP contribution in [0.1, 0.15) is 91.8 Å². The molecule has 4 amide bonds. The lowest BCUT2D eigenvalue weighted by Gasteiger charge is -2.29. The Labute approximate surface area is 344 Å². The standard InChI is InChI=1S/C43H45FN10O6/c1-60-43(59)52-36(26-12-6-3-7-13-26)41(56)54-19-9-15-34(54)39-48-24-32(50-39)29-17-16-27(20-30(29)44)37-45-21-28(22-46-37)31-23-47-38(49-31)33-14-8-18-53(33)40(55)35(51-42(57)58)25-10-4-2-5-11-25/h2,4-6,10-13,16-17,21-24,30,33-36,51H,3,7-9,14-15,18-20H2,1H3,(H,47,49)(H,48,50)(H,52,59)(H,57,58)/t30?,33-,34-,35+,36+/m0/s1. The zero-order valence-electron chi connectivity index (χ0n) is 32.9. The van der Waals surface area contributed by atoms with Gasteiger partial charge in [-0.1, -0.05) is 60.7 Å². The highest BCUT2D eigenvalue weighted by Crippen LogP contribution is 2.37. The number of carbonyl (C=O) groups excluding carboxylic acids is 3. The Kier molecular flexibility index (Phi) is 11.7. The lowest BCUT2D eigenvalue weighted by atomic mass is 9.94. The van der Waals surface area contributed by atoms with E-state index < -0.39 is 30.4 Å². The molecule has 1 aromatic carbocycles. The summed E-state index contributed by atoms with van der Waals surface area (Å²) in [4.78, 5) is 79.7. The van der Waals surface area contributed by atoms with Crippen molar-refractivity contribution in [2.24, 2.45) is 0 Å². The molecule has 17 heteroatoms. The minimum atomic E-state index is -1.38. The number of amides is 4. The first-order valence-electron chi connectivity index (χ1n) is 20.0. The summed E-state index contributed by atoms with van der Waals surface area (Å²) < 4.78 is 20.7. The molecule has 2 fully saturated rings. The van der Waals surface area contributed by atoms with Gasteiger partial charge in [0.15, 0.2) is 5.82 Å². The van der Waals surface area contributed by atoms with E-state index >= 15 is 4.39 Å². The van der Waals surface area contributed by atoms with Crippen LogP contribution in [0.25, 0.3) is 22.4 Å². The topological polar surface area (TPSA) is 211 Å². The van der Waals surface area contributed by atoms with E-state index in [0.29, 0.717) is 82.6 Å². The molecule has 0 spiro atoms. The largest absolute Gasteiger partial charge is 0.465 e. The first kappa shape index (κ1) is 39.9. The molecule has 0 bridgehead atoms. The van der Waals surface area contributed by atoms with E-state index in [1.807, 2.05) is 18.2 Å². The fraction of sp³-hybridized carbons (Fsp3) is 0.349. The van der Waals surface area contributed by atoms with Gasteiger partial charge in [0.25, 0.3) is 11.8 Å². The van der Waals surface area contributed by atoms with Crippen molar-refractivity contribution in [1.82, 2.24) is 50.3 Å². The van der Waals surface area contributed by atoms with Crippen molar-refractivity contribution in [3.05, 3.63) is 120 Å². The van der Waals surface area contributed by atoms with Gasteiger partial charge in [0.05, 0.1) is 36.8 Å². The number of nitrogens with one attached hydrogen (secondary N) is 4. The van der Waals surface area contributed by atoms with Crippen LogP contribution in [0, 0.1) is 0 Å². The summed E-state index contributed by atoms with van der Waals surface area (Å²) in [5, 5.41) is 14.5. The highest BCUT2D eigenvalue weighted by atomic mass is 19.1. The Morgan fingerprint density at radius 2 is 1.62 bits per heavy atom. The number of aromatic nitrogens is 6. The Morgan fingerprint density at radius 3 is 2.28 bits per heavy atom. The number of likely N-dealkylation sites (tertiary alicyclic amines) is 2. The second-order valence-corrected chi connectivity index (χ2v) is 15.1. The molecule has 2 aliphatic heterocycles. The first-order chi connectivity index (χ1) is 29.2. The summed E-state index contributed by atoms with van der Waals surface area (Å²) >= 11 is 0. The zero-order valence-corrected chi connectivity index (χ0v) is 32.9. The van der Waals surface area contributed by atoms with E-state index in [1.54, 1.807) is 77.1 Å². The van der Waals surface area contributed by atoms with E-state index in [9.17, 15) is 24.3 Å². The molecule has 5 atom stereocenters. The van der Waals surface area contributed by atoms with Crippen LogP contribution in [0.15, 0.2) is 91.1 Å². The van der Waals surface area contributed by atoms with Crippen molar-refractivity contribution in [3.8, 4) is 11.3 Å². The second kappa shape index (κ2) is 17.5. The molecule has 8 rings (SSSR count). The molecule has 0 radical (unpaired) electrons. The molecule has 3 aromatic heterocycles. The average Bonchev–Trinajstić information content (AvgIpc) is 4.12. The minimum Gasteiger partial charge on any atom is -0.465 e. The smallest absolute Gasteiger partial charge is 0.407 e. The third kappa shape index (κ3) is 8.32. The Hall–Kier alpha value is -6.91. The number of benzene rings is 1. The third-order valence-electron chi connectivity index (χ3n) is 11.3. The second-order valence-electron chi connectivity index (χ2n) is 15.1. The maximum Gasteiger partial charge on any atom is 0.407 e. The van der Waals surface area contributed by atoms with E-state index in [1.165, 1.54) is 7.11 Å². The van der Waals surface area contributed by atoms with E-state index in [2.05, 4.69) is 35.6 Å². The van der Waals surface area contributed by atoms with Gasteiger partial charge in [0, 0.05) is 49.2 Å². The van der Waals surface area contributed by atoms with Gasteiger partial charge in [-0.05, 0) is 55.2 Å². The SMILES string of the molecule is COC(=O)N[C@@H](C(=O)N1CCC[C@H]1c1ncc(C2=CC=C(c3ncc(-c4c[nH]c([C@@H]5CCCN5C(=O)[C@H](NC(=O)O)c5ccccc5)n4)cn3)CC2F)[nH]1)C1=CCCC=C1. The number of methoxy groups -OCH3 is 1. The molecule has 310 valence electrons. The predicted molar refractivity (Wildman–Crippen MR) is 217 cm³/mol. The van der Waals surface area contributed by atoms with Crippen molar-refractivity contribution in [3.63, 3.8) is 0 Å². The molecule has 5 heterocycles. The average molecular weight is 817 g/mol. The number of halogens is 1. The number of allylic oxidation sites excluding steroid dienone is 6. The number of alkyl halides is 1. The first-order valence-corrected chi connectivity index (χ1v) is 20.0. The van der Waals surface area contributed by atoms with Crippen LogP contribution in [0.3, 0.4) is 0 Å². The van der Waals surface area contributed by atoms with Crippen molar-refractivity contribution in [1.29, 1.82) is 0 Å². The lowest BCUT2D eigenvalue weighted by Crippen LogP contribution is -2.49. The van der Waals surface area contributed by atoms with Crippen molar-refractivity contribution in [2.75, 3.05) is 20.2 Å². The van der Waals surface area contributed by atoms with Crippen LogP contribution < -0.4 is 10.6 Å². The molecule has 16 nitrogen and oxygen atoms in total. The van der Waals surface area contributed by atoms with Gasteiger partial charge in [-0.15, -0.1) is 0 Å². The van der Waals surface area contributed by atoms with E-state index in [0.717, 1.165) is 25.7 Å². The quantitative estimate of drug-likeness (QED) is 0.117. The number of carboxylic acid groups (broad SMARTS) is 1. The number of nitrogens with zero attached hydrogens (tertiary/aromatic N) is 6. The van der Waals surface area contributed by atoms with Crippen LogP contribution in [0.2, 0.25) is 0 Å². The fourth-order valence-electron chi connectivity index (χ4n) is 8.35. The zero-order chi connectivity index (χ0) is 41.8. The van der Waals surface area contributed by atoms with Crippen LogP contribution in [-0.4, -0.2) is 101 Å². The summed E-state index contributed by atoms with van der Waals surface area (Å²) in [7, 11) is 1.26. The molecule has 4 aromatic rings. The number of H-pyrrole nitrogens is 2. The van der Waals surface area contributed by atoms with Gasteiger partial charge in [-0.3, -0.25) is 9.59 Å². The maximum atomic E-state index is 15.9. The lowest BCUT2D eigenvalue weighted by molar-refractivity contribution is -0.135. The predicted octanol–water partition coefficient (Wildman–Crippen LogP) is 6.14. The van der Waals surface area contributed by atoms with Crippen LogP contribution in [0.5, 0.6) is 0 Å². The summed E-state index contributed by atoms with van der Waals surface area (Å²) in [6, 6.07) is 6.04. The summed E-state index contributed by atoms with van der Waals surface area (Å²) in [6.45, 7) is 0.944. The summed E-state index contributed by atoms with van der Waals surface area (Å²) in [5.41, 5.74) is 4.00. The number of aromatic amines is 2. The van der Waals surface area contributed by atoms with Crippen LogP contribution >= 0.6 is 0 Å². The molecule has 60 heavy (non-hydrogen) atoms. The van der Waals surface area contributed by atoms with Gasteiger partial charge in [0.2, 0.25) is 0 Å². The summed E-state index contributed by atoms with van der Waals surface area (Å²) in [6.07, 6.45) is 16.9.